The van der Waals surface area contributed by atoms with Gasteiger partial charge in [0.15, 0.2) is 0 Å². The van der Waals surface area contributed by atoms with Gasteiger partial charge in [-0.25, -0.2) is 4.79 Å². The maximum Gasteiger partial charge on any atom is 0.333 e. The molecule has 1 saturated carbocycles. The second-order valence-corrected chi connectivity index (χ2v) is 4.50. The van der Waals surface area contributed by atoms with Crippen LogP contribution in [0.4, 0.5) is 0 Å². The standard InChI is InChI=1S/C12H16O6/c1-7(2)9(13)18-8-5-3-4-6-12(8,10(14)15)11(16)17/h8H,1,3-6H2,2H3,(H,14,15)(H,16,17). The third-order valence-corrected chi connectivity index (χ3v) is 3.20. The van der Waals surface area contributed by atoms with Gasteiger partial charge in [-0.3, -0.25) is 9.59 Å². The van der Waals surface area contributed by atoms with E-state index in [2.05, 4.69) is 6.58 Å². The first-order chi connectivity index (χ1) is 8.32. The number of carbonyl (C=O) groups excluding carboxylic acids is 1. The summed E-state index contributed by atoms with van der Waals surface area (Å²) in [5, 5.41) is 18.4. The summed E-state index contributed by atoms with van der Waals surface area (Å²) in [7, 11) is 0. The van der Waals surface area contributed by atoms with Gasteiger partial charge in [0, 0.05) is 5.57 Å². The zero-order valence-corrected chi connectivity index (χ0v) is 10.1. The number of aliphatic carboxylic acids is 2. The molecule has 0 aromatic heterocycles. The van der Waals surface area contributed by atoms with Crippen LogP contribution in [0, 0.1) is 5.41 Å². The summed E-state index contributed by atoms with van der Waals surface area (Å²) in [6.07, 6.45) is 0.171. The molecule has 0 spiro atoms. The van der Waals surface area contributed by atoms with Gasteiger partial charge in [0.25, 0.3) is 0 Å². The van der Waals surface area contributed by atoms with Gasteiger partial charge in [0.2, 0.25) is 5.41 Å². The third kappa shape index (κ3) is 2.37. The molecule has 0 heterocycles. The zero-order chi connectivity index (χ0) is 13.9. The molecule has 6 nitrogen and oxygen atoms in total. The maximum atomic E-state index is 11.4. The highest BCUT2D eigenvalue weighted by molar-refractivity contribution is 5.99. The van der Waals surface area contributed by atoms with E-state index in [0.29, 0.717) is 12.8 Å². The van der Waals surface area contributed by atoms with Crippen LogP contribution in [0.2, 0.25) is 0 Å². The number of hydrogen-bond donors (Lipinski definition) is 2. The Labute approximate surface area is 104 Å². The summed E-state index contributed by atoms with van der Waals surface area (Å²) in [5.74, 6) is -3.68. The predicted octanol–water partition coefficient (Wildman–Crippen LogP) is 1.20. The molecule has 0 saturated heterocycles. The van der Waals surface area contributed by atoms with E-state index >= 15 is 0 Å². The molecule has 100 valence electrons. The summed E-state index contributed by atoms with van der Waals surface area (Å²) >= 11 is 0. The van der Waals surface area contributed by atoms with Crippen molar-refractivity contribution in [2.45, 2.75) is 38.7 Å². The average Bonchev–Trinajstić information content (AvgIpc) is 2.28. The van der Waals surface area contributed by atoms with Crippen LogP contribution in [0.5, 0.6) is 0 Å². The molecular weight excluding hydrogens is 240 g/mol. The van der Waals surface area contributed by atoms with Crippen LogP contribution in [-0.4, -0.2) is 34.2 Å². The molecule has 0 aliphatic heterocycles. The van der Waals surface area contributed by atoms with Crippen molar-refractivity contribution in [1.82, 2.24) is 0 Å². The van der Waals surface area contributed by atoms with Crippen LogP contribution in [0.25, 0.3) is 0 Å². The molecule has 1 rings (SSSR count). The van der Waals surface area contributed by atoms with Crippen molar-refractivity contribution in [3.8, 4) is 0 Å². The fourth-order valence-electron chi connectivity index (χ4n) is 2.11. The smallest absolute Gasteiger partial charge is 0.333 e. The molecule has 6 heteroatoms. The molecule has 1 aliphatic rings. The third-order valence-electron chi connectivity index (χ3n) is 3.20. The van der Waals surface area contributed by atoms with Crippen LogP contribution in [-0.2, 0) is 19.1 Å². The molecule has 1 aliphatic carbocycles. The van der Waals surface area contributed by atoms with Gasteiger partial charge in [-0.05, 0) is 26.2 Å². The van der Waals surface area contributed by atoms with Crippen LogP contribution in [0.3, 0.4) is 0 Å². The number of carbonyl (C=O) groups is 3. The lowest BCUT2D eigenvalue weighted by molar-refractivity contribution is -0.183. The van der Waals surface area contributed by atoms with Crippen molar-refractivity contribution in [3.63, 3.8) is 0 Å². The van der Waals surface area contributed by atoms with E-state index in [1.165, 1.54) is 6.92 Å². The highest BCUT2D eigenvalue weighted by atomic mass is 16.5. The molecule has 0 aromatic rings. The molecular formula is C12H16O6. The first-order valence-electron chi connectivity index (χ1n) is 5.65. The quantitative estimate of drug-likeness (QED) is 0.445. The Morgan fingerprint density at radius 3 is 2.22 bits per heavy atom. The summed E-state index contributed by atoms with van der Waals surface area (Å²) in [6, 6.07) is 0. The van der Waals surface area contributed by atoms with Crippen LogP contribution in [0.15, 0.2) is 12.2 Å². The average molecular weight is 256 g/mol. The minimum absolute atomic E-state index is 0.0359. The predicted molar refractivity (Wildman–Crippen MR) is 60.9 cm³/mol. The minimum Gasteiger partial charge on any atom is -0.480 e. The van der Waals surface area contributed by atoms with E-state index in [-0.39, 0.29) is 18.4 Å². The largest absolute Gasteiger partial charge is 0.480 e. The Morgan fingerprint density at radius 1 is 1.22 bits per heavy atom. The Kier molecular flexibility index (Phi) is 4.11. The Morgan fingerprint density at radius 2 is 1.78 bits per heavy atom. The van der Waals surface area contributed by atoms with Crippen LogP contribution < -0.4 is 0 Å². The van der Waals surface area contributed by atoms with Crippen molar-refractivity contribution in [2.75, 3.05) is 0 Å². The molecule has 18 heavy (non-hydrogen) atoms. The van der Waals surface area contributed by atoms with E-state index in [4.69, 9.17) is 4.74 Å². The number of rotatable bonds is 4. The maximum absolute atomic E-state index is 11.4. The van der Waals surface area contributed by atoms with E-state index in [0.717, 1.165) is 0 Å². The van der Waals surface area contributed by atoms with E-state index in [1.807, 2.05) is 0 Å². The Hall–Kier alpha value is -1.85. The van der Waals surface area contributed by atoms with Crippen LogP contribution in [0.1, 0.15) is 32.6 Å². The van der Waals surface area contributed by atoms with Gasteiger partial charge in [0.05, 0.1) is 0 Å². The Bertz CT molecular complexity index is 383. The number of carboxylic acids is 2. The minimum atomic E-state index is -2.04. The van der Waals surface area contributed by atoms with Crippen molar-refractivity contribution >= 4 is 17.9 Å². The van der Waals surface area contributed by atoms with E-state index < -0.39 is 29.4 Å². The van der Waals surface area contributed by atoms with Crippen molar-refractivity contribution in [2.24, 2.45) is 5.41 Å². The molecule has 2 N–H and O–H groups in total. The number of ether oxygens (including phenoxy) is 1. The molecule has 1 fully saturated rings. The number of hydrogen-bond acceptors (Lipinski definition) is 4. The first kappa shape index (κ1) is 14.2. The normalized spacial score (nSPS) is 21.9. The SMILES string of the molecule is C=C(C)C(=O)OC1CCCCC1(C(=O)O)C(=O)O. The summed E-state index contributed by atoms with van der Waals surface area (Å²) in [5.41, 5.74) is -1.92. The fraction of sp³-hybridized carbons (Fsp3) is 0.583. The van der Waals surface area contributed by atoms with Gasteiger partial charge < -0.3 is 14.9 Å². The molecule has 0 bridgehead atoms. The van der Waals surface area contributed by atoms with Crippen molar-refractivity contribution in [3.05, 3.63) is 12.2 Å². The molecule has 0 radical (unpaired) electrons. The van der Waals surface area contributed by atoms with Crippen molar-refractivity contribution < 1.29 is 29.3 Å². The highest BCUT2D eigenvalue weighted by Gasteiger charge is 2.56. The van der Waals surface area contributed by atoms with Crippen LogP contribution >= 0.6 is 0 Å². The summed E-state index contributed by atoms with van der Waals surface area (Å²) in [6.45, 7) is 4.81. The topological polar surface area (TPSA) is 101 Å². The van der Waals surface area contributed by atoms with Gasteiger partial charge in [-0.15, -0.1) is 0 Å². The van der Waals surface area contributed by atoms with E-state index in [1.54, 1.807) is 0 Å². The summed E-state index contributed by atoms with van der Waals surface area (Å²) < 4.78 is 4.99. The lowest BCUT2D eigenvalue weighted by Gasteiger charge is -2.36. The lowest BCUT2D eigenvalue weighted by Crippen LogP contribution is -2.52. The molecule has 0 aromatic carbocycles. The summed E-state index contributed by atoms with van der Waals surface area (Å²) in [4.78, 5) is 34.0. The van der Waals surface area contributed by atoms with E-state index in [9.17, 15) is 24.6 Å². The Balaban J connectivity index is 3.04. The molecule has 0 amide bonds. The molecule has 1 unspecified atom stereocenters. The highest BCUT2D eigenvalue weighted by Crippen LogP contribution is 2.39. The lowest BCUT2D eigenvalue weighted by atomic mass is 9.71. The number of carboxylic acid groups (broad SMARTS) is 2. The van der Waals surface area contributed by atoms with Gasteiger partial charge in [-0.2, -0.15) is 0 Å². The van der Waals surface area contributed by atoms with Crippen molar-refractivity contribution in [1.29, 1.82) is 0 Å². The molecule has 1 atom stereocenters. The zero-order valence-electron chi connectivity index (χ0n) is 10.1. The second kappa shape index (κ2) is 5.20. The van der Waals surface area contributed by atoms with Gasteiger partial charge in [-0.1, -0.05) is 13.0 Å². The number of esters is 1. The van der Waals surface area contributed by atoms with Gasteiger partial charge >= 0.3 is 17.9 Å². The fourth-order valence-corrected chi connectivity index (χ4v) is 2.11. The first-order valence-corrected chi connectivity index (χ1v) is 5.65. The monoisotopic (exact) mass is 256 g/mol. The second-order valence-electron chi connectivity index (χ2n) is 4.50. The van der Waals surface area contributed by atoms with Gasteiger partial charge in [0.1, 0.15) is 6.10 Å².